The van der Waals surface area contributed by atoms with Gasteiger partial charge in [-0.1, -0.05) is 6.07 Å². The molecule has 0 atom stereocenters. The zero-order valence-corrected chi connectivity index (χ0v) is 11.8. The molecule has 2 aromatic rings. The number of ether oxygens (including phenoxy) is 1. The predicted octanol–water partition coefficient (Wildman–Crippen LogP) is 4.35. The van der Waals surface area contributed by atoms with Crippen molar-refractivity contribution in [3.05, 3.63) is 58.1 Å². The smallest absolute Gasteiger partial charge is 0.165 e. The van der Waals surface area contributed by atoms with Crippen molar-refractivity contribution in [1.29, 1.82) is 0 Å². The number of nitrogens with one attached hydrogen (secondary N) is 1. The summed E-state index contributed by atoms with van der Waals surface area (Å²) >= 11 is 3.32. The van der Waals surface area contributed by atoms with E-state index < -0.39 is 5.82 Å². The molecule has 2 rings (SSSR count). The van der Waals surface area contributed by atoms with Crippen LogP contribution in [-0.2, 0) is 6.54 Å². The van der Waals surface area contributed by atoms with E-state index in [4.69, 9.17) is 4.74 Å². The molecule has 0 radical (unpaired) electrons. The monoisotopic (exact) mass is 327 g/mol. The van der Waals surface area contributed by atoms with Gasteiger partial charge in [-0.3, -0.25) is 0 Å². The lowest BCUT2D eigenvalue weighted by atomic mass is 10.2. The minimum atomic E-state index is -0.417. The Kier molecular flexibility index (Phi) is 4.37. The molecule has 100 valence electrons. The van der Waals surface area contributed by atoms with Crippen LogP contribution in [-0.4, -0.2) is 7.11 Å². The van der Waals surface area contributed by atoms with Crippen LogP contribution < -0.4 is 10.1 Å². The Balaban J connectivity index is 2.10. The topological polar surface area (TPSA) is 21.3 Å². The van der Waals surface area contributed by atoms with Crippen molar-refractivity contribution in [3.63, 3.8) is 0 Å². The van der Waals surface area contributed by atoms with E-state index in [-0.39, 0.29) is 11.6 Å². The summed E-state index contributed by atoms with van der Waals surface area (Å²) in [5, 5.41) is 3.04. The molecule has 0 aromatic heterocycles. The van der Waals surface area contributed by atoms with E-state index in [0.29, 0.717) is 12.2 Å². The first-order chi connectivity index (χ1) is 9.10. The highest BCUT2D eigenvalue weighted by molar-refractivity contribution is 9.10. The summed E-state index contributed by atoms with van der Waals surface area (Å²) in [5.41, 5.74) is 1.37. The Morgan fingerprint density at radius 3 is 2.63 bits per heavy atom. The van der Waals surface area contributed by atoms with Gasteiger partial charge in [0, 0.05) is 11.0 Å². The van der Waals surface area contributed by atoms with Crippen molar-refractivity contribution in [3.8, 4) is 5.75 Å². The summed E-state index contributed by atoms with van der Waals surface area (Å²) in [6.45, 7) is 0.392. The second-order valence-corrected chi connectivity index (χ2v) is 4.80. The number of halogens is 3. The molecule has 0 heterocycles. The van der Waals surface area contributed by atoms with Crippen molar-refractivity contribution in [2.75, 3.05) is 12.4 Å². The average molecular weight is 328 g/mol. The Bertz CT molecular complexity index is 590. The van der Waals surface area contributed by atoms with E-state index >= 15 is 0 Å². The fourth-order valence-electron chi connectivity index (χ4n) is 1.65. The lowest BCUT2D eigenvalue weighted by Crippen LogP contribution is -2.01. The third-order valence-corrected chi connectivity index (χ3v) is 3.32. The molecule has 2 aromatic carbocycles. The van der Waals surface area contributed by atoms with Crippen LogP contribution in [0.25, 0.3) is 0 Å². The predicted molar refractivity (Wildman–Crippen MR) is 74.4 cm³/mol. The number of anilines is 1. The Hall–Kier alpha value is -1.62. The van der Waals surface area contributed by atoms with E-state index in [1.807, 2.05) is 0 Å². The van der Waals surface area contributed by atoms with Gasteiger partial charge in [0.2, 0.25) is 0 Å². The summed E-state index contributed by atoms with van der Waals surface area (Å²) < 4.78 is 32.2. The lowest BCUT2D eigenvalue weighted by molar-refractivity contribution is 0.386. The van der Waals surface area contributed by atoms with Crippen LogP contribution in [0.1, 0.15) is 5.56 Å². The van der Waals surface area contributed by atoms with Crippen molar-refractivity contribution in [2.45, 2.75) is 6.54 Å². The molecule has 0 unspecified atom stereocenters. The van der Waals surface area contributed by atoms with Crippen molar-refractivity contribution >= 4 is 21.6 Å². The molecule has 0 saturated carbocycles. The number of hydrogen-bond donors (Lipinski definition) is 1. The molecule has 5 heteroatoms. The minimum absolute atomic E-state index is 0.204. The summed E-state index contributed by atoms with van der Waals surface area (Å²) in [7, 11) is 1.42. The lowest BCUT2D eigenvalue weighted by Gasteiger charge is -2.10. The van der Waals surface area contributed by atoms with Gasteiger partial charge < -0.3 is 10.1 Å². The fourth-order valence-corrected chi connectivity index (χ4v) is 2.04. The van der Waals surface area contributed by atoms with Crippen LogP contribution in [0.3, 0.4) is 0 Å². The highest BCUT2D eigenvalue weighted by Gasteiger charge is 2.05. The minimum Gasteiger partial charge on any atom is -0.494 e. The number of rotatable bonds is 4. The van der Waals surface area contributed by atoms with Gasteiger partial charge in [0.15, 0.2) is 11.6 Å². The van der Waals surface area contributed by atoms with Gasteiger partial charge in [-0.15, -0.1) is 0 Å². The highest BCUT2D eigenvalue weighted by atomic mass is 79.9. The van der Waals surface area contributed by atoms with Gasteiger partial charge in [0.25, 0.3) is 0 Å². The number of methoxy groups -OCH3 is 1. The van der Waals surface area contributed by atoms with E-state index in [0.717, 1.165) is 10.0 Å². The third-order valence-electron chi connectivity index (χ3n) is 2.63. The van der Waals surface area contributed by atoms with Gasteiger partial charge in [0.05, 0.1) is 12.8 Å². The summed E-state index contributed by atoms with van der Waals surface area (Å²) in [6.07, 6.45) is 0. The third kappa shape index (κ3) is 3.44. The molecule has 0 spiro atoms. The molecule has 0 aliphatic rings. The second kappa shape index (κ2) is 6.02. The normalized spacial score (nSPS) is 10.3. The fraction of sp³-hybridized carbons (Fsp3) is 0.143. The molecule has 0 aliphatic carbocycles. The maximum absolute atomic E-state index is 13.5. The Morgan fingerprint density at radius 1 is 1.16 bits per heavy atom. The highest BCUT2D eigenvalue weighted by Crippen LogP contribution is 2.24. The Labute approximate surface area is 118 Å². The molecular weight excluding hydrogens is 316 g/mol. The van der Waals surface area contributed by atoms with Crippen LogP contribution in [0, 0.1) is 11.6 Å². The SMILES string of the molecule is COc1ccc(CNc2cc(F)ccc2Br)cc1F. The van der Waals surface area contributed by atoms with Crippen molar-refractivity contribution in [1.82, 2.24) is 0 Å². The zero-order valence-electron chi connectivity index (χ0n) is 10.2. The van der Waals surface area contributed by atoms with Gasteiger partial charge in [-0.2, -0.15) is 0 Å². The zero-order chi connectivity index (χ0) is 13.8. The molecular formula is C14H12BrF2NO. The first-order valence-electron chi connectivity index (χ1n) is 5.61. The molecule has 2 nitrogen and oxygen atoms in total. The number of hydrogen-bond acceptors (Lipinski definition) is 2. The Morgan fingerprint density at radius 2 is 1.95 bits per heavy atom. The molecule has 0 bridgehead atoms. The van der Waals surface area contributed by atoms with Crippen LogP contribution in [0.4, 0.5) is 14.5 Å². The van der Waals surface area contributed by atoms with Crippen LogP contribution in [0.2, 0.25) is 0 Å². The molecule has 19 heavy (non-hydrogen) atoms. The summed E-state index contributed by atoms with van der Waals surface area (Å²) in [6, 6.07) is 9.06. The summed E-state index contributed by atoms with van der Waals surface area (Å²) in [4.78, 5) is 0. The summed E-state index contributed by atoms with van der Waals surface area (Å²) in [5.74, 6) is -0.539. The van der Waals surface area contributed by atoms with Crippen molar-refractivity contribution < 1.29 is 13.5 Å². The van der Waals surface area contributed by atoms with Crippen LogP contribution >= 0.6 is 15.9 Å². The largest absolute Gasteiger partial charge is 0.494 e. The van der Waals surface area contributed by atoms with Gasteiger partial charge in [0.1, 0.15) is 5.82 Å². The molecule has 0 amide bonds. The van der Waals surface area contributed by atoms with Gasteiger partial charge in [-0.05, 0) is 51.8 Å². The van der Waals surface area contributed by atoms with Crippen LogP contribution in [0.15, 0.2) is 40.9 Å². The molecule has 1 N–H and O–H groups in total. The van der Waals surface area contributed by atoms with Gasteiger partial charge in [-0.25, -0.2) is 8.78 Å². The van der Waals surface area contributed by atoms with E-state index in [1.165, 1.54) is 25.3 Å². The van der Waals surface area contributed by atoms with Crippen LogP contribution in [0.5, 0.6) is 5.75 Å². The standard InChI is InChI=1S/C14H12BrF2NO/c1-19-14-5-2-9(6-12(14)17)8-18-13-7-10(16)3-4-11(13)15/h2-7,18H,8H2,1H3. The maximum atomic E-state index is 13.5. The number of benzene rings is 2. The molecule has 0 fully saturated rings. The average Bonchev–Trinajstić information content (AvgIpc) is 2.40. The maximum Gasteiger partial charge on any atom is 0.165 e. The van der Waals surface area contributed by atoms with Gasteiger partial charge >= 0.3 is 0 Å². The van der Waals surface area contributed by atoms with E-state index in [9.17, 15) is 8.78 Å². The second-order valence-electron chi connectivity index (χ2n) is 3.95. The first kappa shape index (κ1) is 13.8. The van der Waals surface area contributed by atoms with Crippen molar-refractivity contribution in [2.24, 2.45) is 0 Å². The molecule has 0 saturated heterocycles. The van der Waals surface area contributed by atoms with E-state index in [2.05, 4.69) is 21.2 Å². The first-order valence-corrected chi connectivity index (χ1v) is 6.41. The quantitative estimate of drug-likeness (QED) is 0.901. The molecule has 0 aliphatic heterocycles. The van der Waals surface area contributed by atoms with E-state index in [1.54, 1.807) is 18.2 Å².